The number of thiophene rings is 1. The van der Waals surface area contributed by atoms with Crippen molar-refractivity contribution in [1.82, 2.24) is 9.80 Å². The van der Waals surface area contributed by atoms with Crippen molar-refractivity contribution >= 4 is 46.4 Å². The molecule has 0 spiro atoms. The van der Waals surface area contributed by atoms with Crippen LogP contribution in [-0.4, -0.2) is 68.7 Å². The summed E-state index contributed by atoms with van der Waals surface area (Å²) in [5.41, 5.74) is 1.39. The minimum atomic E-state index is -0.283. The summed E-state index contributed by atoms with van der Waals surface area (Å²) in [5.74, 6) is 0.859. The topological polar surface area (TPSA) is 68.3 Å². The standard InChI is InChI=1S/C29H34Cl2N2O5S/c1-4-38-15-6-13-33(29(35)22-9-10-24(30)25(31)18-22)20-28(34)32(19-23-7-5-16-39-23)14-12-21-8-11-26(36-2)27(17-21)37-3/h5,7-11,16-18H,4,6,12-15,19-20H2,1-3H3. The molecule has 3 rings (SSSR count). The zero-order chi connectivity index (χ0) is 28.2. The minimum absolute atomic E-state index is 0.0670. The van der Waals surface area contributed by atoms with Gasteiger partial charge in [-0.25, -0.2) is 0 Å². The number of carbonyl (C=O) groups is 2. The van der Waals surface area contributed by atoms with Gasteiger partial charge in [-0.05, 0) is 67.1 Å². The molecule has 39 heavy (non-hydrogen) atoms. The van der Waals surface area contributed by atoms with Gasteiger partial charge in [0.1, 0.15) is 6.54 Å². The van der Waals surface area contributed by atoms with Crippen LogP contribution in [0.3, 0.4) is 0 Å². The molecule has 0 unspecified atom stereocenters. The Morgan fingerprint density at radius 2 is 1.72 bits per heavy atom. The molecule has 0 saturated heterocycles. The fourth-order valence-electron chi connectivity index (χ4n) is 4.01. The third kappa shape index (κ3) is 9.14. The molecule has 0 saturated carbocycles. The van der Waals surface area contributed by atoms with Crippen molar-refractivity contribution in [2.75, 3.05) is 47.1 Å². The van der Waals surface area contributed by atoms with E-state index in [0.717, 1.165) is 10.4 Å². The highest BCUT2D eigenvalue weighted by Gasteiger charge is 2.23. The Morgan fingerprint density at radius 3 is 2.38 bits per heavy atom. The third-order valence-electron chi connectivity index (χ3n) is 6.10. The van der Waals surface area contributed by atoms with E-state index in [2.05, 4.69) is 0 Å². The van der Waals surface area contributed by atoms with Gasteiger partial charge in [-0.2, -0.15) is 0 Å². The number of hydrogen-bond acceptors (Lipinski definition) is 6. The summed E-state index contributed by atoms with van der Waals surface area (Å²) in [6.07, 6.45) is 1.22. The van der Waals surface area contributed by atoms with Gasteiger partial charge in [0.05, 0.1) is 30.8 Å². The predicted octanol–water partition coefficient (Wildman–Crippen LogP) is 6.21. The second-order valence-corrected chi connectivity index (χ2v) is 10.6. The molecule has 3 aromatic rings. The number of carbonyl (C=O) groups excluding carboxylic acids is 2. The number of rotatable bonds is 15. The molecule has 0 aliphatic heterocycles. The first-order chi connectivity index (χ1) is 18.9. The van der Waals surface area contributed by atoms with Gasteiger partial charge in [0.2, 0.25) is 5.91 Å². The van der Waals surface area contributed by atoms with E-state index in [4.69, 9.17) is 37.4 Å². The maximum absolute atomic E-state index is 13.7. The Balaban J connectivity index is 1.78. The molecule has 1 aromatic heterocycles. The predicted molar refractivity (Wildman–Crippen MR) is 156 cm³/mol. The summed E-state index contributed by atoms with van der Waals surface area (Å²) in [6.45, 7) is 4.23. The first kappa shape index (κ1) is 30.8. The summed E-state index contributed by atoms with van der Waals surface area (Å²) in [4.78, 5) is 31.5. The molecule has 2 aromatic carbocycles. The van der Waals surface area contributed by atoms with Gasteiger partial charge in [-0.1, -0.05) is 35.3 Å². The smallest absolute Gasteiger partial charge is 0.254 e. The molecule has 2 amide bonds. The van der Waals surface area contributed by atoms with Gasteiger partial charge in [0.25, 0.3) is 5.91 Å². The molecule has 1 heterocycles. The van der Waals surface area contributed by atoms with E-state index in [1.54, 1.807) is 47.5 Å². The maximum atomic E-state index is 13.7. The van der Waals surface area contributed by atoms with Crippen LogP contribution in [0, 0.1) is 0 Å². The minimum Gasteiger partial charge on any atom is -0.493 e. The van der Waals surface area contributed by atoms with Gasteiger partial charge in [0, 0.05) is 36.7 Å². The van der Waals surface area contributed by atoms with Gasteiger partial charge in [0.15, 0.2) is 11.5 Å². The fourth-order valence-corrected chi connectivity index (χ4v) is 5.03. The third-order valence-corrected chi connectivity index (χ3v) is 7.70. The summed E-state index contributed by atoms with van der Waals surface area (Å²) in [7, 11) is 3.19. The lowest BCUT2D eigenvalue weighted by Gasteiger charge is -2.28. The van der Waals surface area contributed by atoms with Crippen LogP contribution in [0.25, 0.3) is 0 Å². The Hall–Kier alpha value is -2.78. The Kier molecular flexibility index (Phi) is 12.4. The Bertz CT molecular complexity index is 1220. The van der Waals surface area contributed by atoms with Crippen molar-refractivity contribution in [1.29, 1.82) is 0 Å². The summed E-state index contributed by atoms with van der Waals surface area (Å²) in [6, 6.07) is 14.4. The molecule has 0 N–H and O–H groups in total. The number of hydrogen-bond donors (Lipinski definition) is 0. The van der Waals surface area contributed by atoms with Crippen LogP contribution in [0.1, 0.15) is 34.1 Å². The lowest BCUT2D eigenvalue weighted by molar-refractivity contribution is -0.132. The van der Waals surface area contributed by atoms with Crippen LogP contribution in [0.2, 0.25) is 10.0 Å². The number of nitrogens with zero attached hydrogens (tertiary/aromatic N) is 2. The number of amides is 2. The van der Waals surface area contributed by atoms with Crippen LogP contribution in [0.4, 0.5) is 0 Å². The average Bonchev–Trinajstić information content (AvgIpc) is 3.46. The molecule has 10 heteroatoms. The number of ether oxygens (including phenoxy) is 3. The van der Waals surface area contributed by atoms with Crippen molar-refractivity contribution < 1.29 is 23.8 Å². The summed E-state index contributed by atoms with van der Waals surface area (Å²) >= 11 is 13.8. The van der Waals surface area contributed by atoms with Crippen LogP contribution >= 0.6 is 34.5 Å². The lowest BCUT2D eigenvalue weighted by Crippen LogP contribution is -2.44. The van der Waals surface area contributed by atoms with Crippen LogP contribution in [0.5, 0.6) is 11.5 Å². The Labute approximate surface area is 244 Å². The monoisotopic (exact) mass is 592 g/mol. The summed E-state index contributed by atoms with van der Waals surface area (Å²) < 4.78 is 16.2. The van der Waals surface area contributed by atoms with Crippen LogP contribution < -0.4 is 9.47 Å². The van der Waals surface area contributed by atoms with Crippen molar-refractivity contribution in [3.63, 3.8) is 0 Å². The Morgan fingerprint density at radius 1 is 0.923 bits per heavy atom. The van der Waals surface area contributed by atoms with Gasteiger partial charge in [-0.15, -0.1) is 11.3 Å². The second-order valence-electron chi connectivity index (χ2n) is 8.74. The SMILES string of the molecule is CCOCCCN(CC(=O)N(CCc1ccc(OC)c(OC)c1)Cc1cccs1)C(=O)c1ccc(Cl)c(Cl)c1. The molecule has 0 aliphatic rings. The fraction of sp³-hybridized carbons (Fsp3) is 0.379. The first-order valence-electron chi connectivity index (χ1n) is 12.7. The molecule has 0 fully saturated rings. The van der Waals surface area contributed by atoms with Crippen molar-refractivity contribution in [3.8, 4) is 11.5 Å². The first-order valence-corrected chi connectivity index (χ1v) is 14.3. The number of methoxy groups -OCH3 is 2. The maximum Gasteiger partial charge on any atom is 0.254 e. The largest absolute Gasteiger partial charge is 0.493 e. The molecular weight excluding hydrogens is 559 g/mol. The van der Waals surface area contributed by atoms with Crippen molar-refractivity contribution in [2.45, 2.75) is 26.3 Å². The lowest BCUT2D eigenvalue weighted by atomic mass is 10.1. The quantitative estimate of drug-likeness (QED) is 0.196. The van der Waals surface area contributed by atoms with E-state index >= 15 is 0 Å². The molecule has 0 atom stereocenters. The summed E-state index contributed by atoms with van der Waals surface area (Å²) in [5, 5.41) is 2.64. The number of benzene rings is 2. The van der Waals surface area contributed by atoms with Crippen molar-refractivity contribution in [2.24, 2.45) is 0 Å². The van der Waals surface area contributed by atoms with E-state index in [0.29, 0.717) is 67.8 Å². The highest BCUT2D eigenvalue weighted by atomic mass is 35.5. The van der Waals surface area contributed by atoms with E-state index in [1.165, 1.54) is 6.07 Å². The van der Waals surface area contributed by atoms with Gasteiger partial charge in [-0.3, -0.25) is 9.59 Å². The molecule has 0 radical (unpaired) electrons. The van der Waals surface area contributed by atoms with Crippen LogP contribution in [-0.2, 0) is 22.5 Å². The molecule has 0 bridgehead atoms. The molecule has 210 valence electrons. The zero-order valence-electron chi connectivity index (χ0n) is 22.5. The van der Waals surface area contributed by atoms with E-state index in [-0.39, 0.29) is 23.4 Å². The number of halogens is 2. The normalized spacial score (nSPS) is 10.8. The highest BCUT2D eigenvalue weighted by molar-refractivity contribution is 7.09. The van der Waals surface area contributed by atoms with Crippen LogP contribution in [0.15, 0.2) is 53.9 Å². The van der Waals surface area contributed by atoms with E-state index in [9.17, 15) is 9.59 Å². The second kappa shape index (κ2) is 15.7. The molecule has 7 nitrogen and oxygen atoms in total. The highest BCUT2D eigenvalue weighted by Crippen LogP contribution is 2.28. The zero-order valence-corrected chi connectivity index (χ0v) is 24.8. The average molecular weight is 594 g/mol. The van der Waals surface area contributed by atoms with E-state index < -0.39 is 0 Å². The molecular formula is C29H34Cl2N2O5S. The van der Waals surface area contributed by atoms with Gasteiger partial charge >= 0.3 is 0 Å². The van der Waals surface area contributed by atoms with Crippen molar-refractivity contribution in [3.05, 3.63) is 80.0 Å². The van der Waals surface area contributed by atoms with Gasteiger partial charge < -0.3 is 24.0 Å². The molecule has 0 aliphatic carbocycles. The van der Waals surface area contributed by atoms with E-state index in [1.807, 2.05) is 42.6 Å².